The van der Waals surface area contributed by atoms with Crippen molar-refractivity contribution in [2.45, 2.75) is 25.5 Å². The standard InChI is InChI=1S/C12H19NO3/c1-3-8(7-16-2)9-4-5-11(14)10(6-9)12(13)15/h4-6,8,12,14-15H,3,7,13H2,1-2H3. The molecule has 1 rings (SSSR count). The lowest BCUT2D eigenvalue weighted by Crippen LogP contribution is -2.11. The SMILES string of the molecule is CCC(COC)c1ccc(O)c(C(N)O)c1. The van der Waals surface area contributed by atoms with Crippen LogP contribution in [0.15, 0.2) is 18.2 Å². The molecule has 1 aromatic rings. The van der Waals surface area contributed by atoms with Crippen LogP contribution in [0.3, 0.4) is 0 Å². The lowest BCUT2D eigenvalue weighted by Gasteiger charge is -2.16. The smallest absolute Gasteiger partial charge is 0.132 e. The van der Waals surface area contributed by atoms with E-state index in [-0.39, 0.29) is 11.7 Å². The molecule has 4 heteroatoms. The summed E-state index contributed by atoms with van der Waals surface area (Å²) in [7, 11) is 1.65. The summed E-state index contributed by atoms with van der Waals surface area (Å²) in [6.45, 7) is 2.68. The molecule has 0 saturated heterocycles. The molecular formula is C12H19NO3. The Morgan fingerprint density at radius 3 is 2.62 bits per heavy atom. The second kappa shape index (κ2) is 5.84. The van der Waals surface area contributed by atoms with E-state index in [1.54, 1.807) is 19.2 Å². The van der Waals surface area contributed by atoms with Gasteiger partial charge in [-0.3, -0.25) is 0 Å². The summed E-state index contributed by atoms with van der Waals surface area (Å²) < 4.78 is 5.12. The molecule has 0 aliphatic carbocycles. The normalized spacial score (nSPS) is 14.8. The summed E-state index contributed by atoms with van der Waals surface area (Å²) in [5.74, 6) is 0.272. The van der Waals surface area contributed by atoms with Gasteiger partial charge in [0.25, 0.3) is 0 Å². The maximum Gasteiger partial charge on any atom is 0.132 e. The van der Waals surface area contributed by atoms with Gasteiger partial charge in [0.1, 0.15) is 12.0 Å². The first kappa shape index (κ1) is 13.0. The fourth-order valence-electron chi connectivity index (χ4n) is 1.71. The molecule has 0 aliphatic heterocycles. The molecule has 90 valence electrons. The Balaban J connectivity index is 3.00. The maximum atomic E-state index is 9.52. The van der Waals surface area contributed by atoms with E-state index in [1.807, 2.05) is 6.07 Å². The number of aliphatic hydroxyl groups is 1. The molecule has 0 spiro atoms. The van der Waals surface area contributed by atoms with E-state index in [4.69, 9.17) is 10.5 Å². The number of methoxy groups -OCH3 is 1. The Kier molecular flexibility index (Phi) is 4.73. The molecule has 0 aromatic heterocycles. The minimum Gasteiger partial charge on any atom is -0.508 e. The van der Waals surface area contributed by atoms with Crippen LogP contribution in [0.4, 0.5) is 0 Å². The molecule has 2 unspecified atom stereocenters. The summed E-state index contributed by atoms with van der Waals surface area (Å²) in [5, 5.41) is 18.8. The van der Waals surface area contributed by atoms with Crippen LogP contribution in [-0.2, 0) is 4.74 Å². The number of aromatic hydroxyl groups is 1. The highest BCUT2D eigenvalue weighted by molar-refractivity contribution is 5.38. The third-order valence-corrected chi connectivity index (χ3v) is 2.70. The van der Waals surface area contributed by atoms with Crippen molar-refractivity contribution in [3.8, 4) is 5.75 Å². The van der Waals surface area contributed by atoms with Crippen molar-refractivity contribution in [2.75, 3.05) is 13.7 Å². The molecule has 0 amide bonds. The van der Waals surface area contributed by atoms with Crippen molar-refractivity contribution in [2.24, 2.45) is 5.73 Å². The van der Waals surface area contributed by atoms with Crippen molar-refractivity contribution in [1.82, 2.24) is 0 Å². The number of phenolic OH excluding ortho intramolecular Hbond substituents is 1. The molecule has 0 fully saturated rings. The zero-order valence-corrected chi connectivity index (χ0v) is 9.68. The summed E-state index contributed by atoms with van der Waals surface area (Å²) in [4.78, 5) is 0. The number of benzene rings is 1. The summed E-state index contributed by atoms with van der Waals surface area (Å²) >= 11 is 0. The zero-order chi connectivity index (χ0) is 12.1. The topological polar surface area (TPSA) is 75.7 Å². The molecule has 0 heterocycles. The van der Waals surface area contributed by atoms with E-state index in [1.165, 1.54) is 0 Å². The highest BCUT2D eigenvalue weighted by Gasteiger charge is 2.14. The minimum absolute atomic E-state index is 0.0195. The van der Waals surface area contributed by atoms with Gasteiger partial charge in [-0.1, -0.05) is 13.0 Å². The summed E-state index contributed by atoms with van der Waals surface area (Å²) in [5.41, 5.74) is 6.73. The van der Waals surface area contributed by atoms with E-state index in [0.717, 1.165) is 12.0 Å². The van der Waals surface area contributed by atoms with Gasteiger partial charge >= 0.3 is 0 Å². The zero-order valence-electron chi connectivity index (χ0n) is 9.68. The Morgan fingerprint density at radius 1 is 1.44 bits per heavy atom. The molecule has 16 heavy (non-hydrogen) atoms. The summed E-state index contributed by atoms with van der Waals surface area (Å²) in [6, 6.07) is 5.11. The minimum atomic E-state index is -1.15. The molecule has 1 aromatic carbocycles. The van der Waals surface area contributed by atoms with Crippen molar-refractivity contribution in [3.63, 3.8) is 0 Å². The second-order valence-corrected chi connectivity index (χ2v) is 3.82. The molecule has 0 aliphatic rings. The number of hydrogen-bond donors (Lipinski definition) is 3. The first-order valence-electron chi connectivity index (χ1n) is 5.35. The van der Waals surface area contributed by atoms with Crippen LogP contribution in [0.1, 0.15) is 36.6 Å². The van der Waals surface area contributed by atoms with E-state index >= 15 is 0 Å². The number of rotatable bonds is 5. The predicted octanol–water partition coefficient (Wildman–Crippen LogP) is 1.48. The molecule has 4 nitrogen and oxygen atoms in total. The molecular weight excluding hydrogens is 206 g/mol. The maximum absolute atomic E-state index is 9.52. The second-order valence-electron chi connectivity index (χ2n) is 3.82. The van der Waals surface area contributed by atoms with Crippen LogP contribution in [0, 0.1) is 0 Å². The number of phenols is 1. The van der Waals surface area contributed by atoms with Gasteiger partial charge in [-0.25, -0.2) is 0 Å². The van der Waals surface area contributed by atoms with Gasteiger partial charge < -0.3 is 20.7 Å². The highest BCUT2D eigenvalue weighted by atomic mass is 16.5. The first-order chi connectivity index (χ1) is 7.60. The van der Waals surface area contributed by atoms with E-state index in [9.17, 15) is 10.2 Å². The van der Waals surface area contributed by atoms with Gasteiger partial charge in [0.15, 0.2) is 0 Å². The van der Waals surface area contributed by atoms with Gasteiger partial charge in [-0.05, 0) is 24.1 Å². The monoisotopic (exact) mass is 225 g/mol. The molecule has 2 atom stereocenters. The molecule has 0 radical (unpaired) electrons. The van der Waals surface area contributed by atoms with Crippen LogP contribution < -0.4 is 5.73 Å². The van der Waals surface area contributed by atoms with Gasteiger partial charge in [-0.15, -0.1) is 0 Å². The lowest BCUT2D eigenvalue weighted by molar-refractivity contribution is 0.175. The Hall–Kier alpha value is -1.10. The predicted molar refractivity (Wildman–Crippen MR) is 62.2 cm³/mol. The van der Waals surface area contributed by atoms with Crippen LogP contribution in [-0.4, -0.2) is 23.9 Å². The average Bonchev–Trinajstić information content (AvgIpc) is 2.26. The number of nitrogens with two attached hydrogens (primary N) is 1. The lowest BCUT2D eigenvalue weighted by atomic mass is 9.95. The van der Waals surface area contributed by atoms with Gasteiger partial charge in [0.05, 0.1) is 6.61 Å². The Morgan fingerprint density at radius 2 is 2.12 bits per heavy atom. The van der Waals surface area contributed by atoms with Crippen molar-refractivity contribution in [1.29, 1.82) is 0 Å². The van der Waals surface area contributed by atoms with Crippen molar-refractivity contribution >= 4 is 0 Å². The molecule has 4 N–H and O–H groups in total. The van der Waals surface area contributed by atoms with Gasteiger partial charge in [-0.2, -0.15) is 0 Å². The van der Waals surface area contributed by atoms with Crippen LogP contribution in [0.5, 0.6) is 5.75 Å². The highest BCUT2D eigenvalue weighted by Crippen LogP contribution is 2.28. The van der Waals surface area contributed by atoms with Crippen LogP contribution in [0.2, 0.25) is 0 Å². The first-order valence-corrected chi connectivity index (χ1v) is 5.35. The van der Waals surface area contributed by atoms with E-state index in [2.05, 4.69) is 6.92 Å². The quantitative estimate of drug-likeness (QED) is 0.663. The summed E-state index contributed by atoms with van der Waals surface area (Å²) in [6.07, 6.45) is -0.223. The molecule has 0 saturated carbocycles. The fraction of sp³-hybridized carbons (Fsp3) is 0.500. The number of ether oxygens (including phenoxy) is 1. The van der Waals surface area contributed by atoms with Gasteiger partial charge in [0, 0.05) is 18.6 Å². The van der Waals surface area contributed by atoms with E-state index in [0.29, 0.717) is 12.2 Å². The number of aliphatic hydroxyl groups excluding tert-OH is 1. The van der Waals surface area contributed by atoms with Crippen molar-refractivity contribution in [3.05, 3.63) is 29.3 Å². The Bertz CT molecular complexity index is 339. The van der Waals surface area contributed by atoms with Gasteiger partial charge in [0.2, 0.25) is 0 Å². The largest absolute Gasteiger partial charge is 0.508 e. The van der Waals surface area contributed by atoms with E-state index < -0.39 is 6.23 Å². The Labute approximate surface area is 95.7 Å². The third kappa shape index (κ3) is 2.95. The average molecular weight is 225 g/mol. The van der Waals surface area contributed by atoms with Crippen molar-refractivity contribution < 1.29 is 14.9 Å². The fourth-order valence-corrected chi connectivity index (χ4v) is 1.71. The number of hydrogen-bond acceptors (Lipinski definition) is 4. The van der Waals surface area contributed by atoms with Crippen LogP contribution >= 0.6 is 0 Å². The van der Waals surface area contributed by atoms with Crippen LogP contribution in [0.25, 0.3) is 0 Å². The third-order valence-electron chi connectivity index (χ3n) is 2.70. The molecule has 0 bridgehead atoms.